The van der Waals surface area contributed by atoms with E-state index in [1.54, 1.807) is 0 Å². The summed E-state index contributed by atoms with van der Waals surface area (Å²) < 4.78 is 5.87. The molecule has 6 heteroatoms. The number of hydrogen-bond donors (Lipinski definition) is 3. The van der Waals surface area contributed by atoms with Gasteiger partial charge in [-0.25, -0.2) is 0 Å². The Morgan fingerprint density at radius 1 is 0.549 bits per heavy atom. The minimum atomic E-state index is -0.781. The lowest BCUT2D eigenvalue weighted by Gasteiger charge is -2.24. The first kappa shape index (κ1) is 49.6. The van der Waals surface area contributed by atoms with Crippen LogP contribution < -0.4 is 5.32 Å². The molecular formula is C45H87NO5. The largest absolute Gasteiger partial charge is 0.462 e. The highest BCUT2D eigenvalue weighted by Crippen LogP contribution is 2.17. The van der Waals surface area contributed by atoms with Gasteiger partial charge in [0, 0.05) is 6.42 Å². The number of aliphatic hydroxyl groups excluding tert-OH is 2. The van der Waals surface area contributed by atoms with Gasteiger partial charge in [0.2, 0.25) is 5.91 Å². The van der Waals surface area contributed by atoms with Crippen LogP contribution in [-0.2, 0) is 14.3 Å². The number of unbranched alkanes of at least 4 members (excludes halogenated alkanes) is 26. The van der Waals surface area contributed by atoms with Crippen LogP contribution >= 0.6 is 0 Å². The van der Waals surface area contributed by atoms with E-state index in [-0.39, 0.29) is 24.9 Å². The molecule has 0 aliphatic heterocycles. The molecule has 51 heavy (non-hydrogen) atoms. The summed E-state index contributed by atoms with van der Waals surface area (Å²) in [5.41, 5.74) is 0. The van der Waals surface area contributed by atoms with Gasteiger partial charge in [0.05, 0.1) is 25.2 Å². The van der Waals surface area contributed by atoms with E-state index in [9.17, 15) is 19.8 Å². The highest BCUT2D eigenvalue weighted by atomic mass is 16.5. The summed E-state index contributed by atoms with van der Waals surface area (Å²) in [6.07, 6.45) is 41.3. The molecule has 0 bridgehead atoms. The number of carbonyl (C=O) groups excluding carboxylic acids is 2. The molecule has 302 valence electrons. The SMILES string of the molecule is CCCCCCCCC/C=C\CCCCCC(=O)OC(CCCCCCCCCC)CC(=O)NC(CO)C(O)CCCCCCCCCCCC. The van der Waals surface area contributed by atoms with Gasteiger partial charge in [-0.1, -0.05) is 187 Å². The average Bonchev–Trinajstić information content (AvgIpc) is 3.12. The van der Waals surface area contributed by atoms with Crippen molar-refractivity contribution < 1.29 is 24.5 Å². The Hall–Kier alpha value is -1.40. The topological polar surface area (TPSA) is 95.9 Å². The number of ether oxygens (including phenoxy) is 1. The first-order valence-electron chi connectivity index (χ1n) is 22.4. The fourth-order valence-electron chi connectivity index (χ4n) is 6.89. The van der Waals surface area contributed by atoms with Gasteiger partial charge in [-0.3, -0.25) is 9.59 Å². The van der Waals surface area contributed by atoms with Crippen LogP contribution in [0.2, 0.25) is 0 Å². The van der Waals surface area contributed by atoms with Gasteiger partial charge >= 0.3 is 5.97 Å². The Morgan fingerprint density at radius 2 is 0.941 bits per heavy atom. The predicted molar refractivity (Wildman–Crippen MR) is 218 cm³/mol. The summed E-state index contributed by atoms with van der Waals surface area (Å²) >= 11 is 0. The molecule has 0 aliphatic carbocycles. The number of aliphatic hydroxyl groups is 2. The molecule has 0 spiro atoms. The Bertz CT molecular complexity index is 772. The van der Waals surface area contributed by atoms with Crippen LogP contribution in [0.1, 0.15) is 239 Å². The molecule has 6 nitrogen and oxygen atoms in total. The first-order valence-corrected chi connectivity index (χ1v) is 22.4. The molecule has 0 fully saturated rings. The molecule has 1 amide bonds. The van der Waals surface area contributed by atoms with Crippen molar-refractivity contribution >= 4 is 11.9 Å². The first-order chi connectivity index (χ1) is 25.0. The molecule has 0 heterocycles. The summed E-state index contributed by atoms with van der Waals surface area (Å²) in [5, 5.41) is 23.5. The fraction of sp³-hybridized carbons (Fsp3) is 0.911. The van der Waals surface area contributed by atoms with Crippen LogP contribution in [0.5, 0.6) is 0 Å². The minimum absolute atomic E-state index is 0.0766. The van der Waals surface area contributed by atoms with Crippen molar-refractivity contribution in [2.24, 2.45) is 0 Å². The number of allylic oxidation sites excluding steroid dienone is 2. The zero-order valence-corrected chi connectivity index (χ0v) is 34.3. The second kappa shape index (κ2) is 39.8. The molecule has 0 saturated heterocycles. The van der Waals surface area contributed by atoms with Crippen LogP contribution in [0.3, 0.4) is 0 Å². The second-order valence-electron chi connectivity index (χ2n) is 15.5. The third-order valence-electron chi connectivity index (χ3n) is 10.3. The molecule has 0 rings (SSSR count). The molecule has 0 saturated carbocycles. The maximum absolute atomic E-state index is 13.1. The van der Waals surface area contributed by atoms with Crippen molar-refractivity contribution in [1.29, 1.82) is 0 Å². The molecule has 3 unspecified atom stereocenters. The summed E-state index contributed by atoms with van der Waals surface area (Å²) in [6, 6.07) is -0.694. The van der Waals surface area contributed by atoms with Gasteiger partial charge in [0.1, 0.15) is 6.10 Å². The third-order valence-corrected chi connectivity index (χ3v) is 10.3. The van der Waals surface area contributed by atoms with E-state index in [1.165, 1.54) is 141 Å². The number of rotatable bonds is 40. The molecular weight excluding hydrogens is 634 g/mol. The van der Waals surface area contributed by atoms with Crippen LogP contribution in [0.15, 0.2) is 12.2 Å². The van der Waals surface area contributed by atoms with E-state index in [0.717, 1.165) is 51.4 Å². The highest BCUT2D eigenvalue weighted by molar-refractivity contribution is 5.77. The van der Waals surface area contributed by atoms with E-state index in [2.05, 4.69) is 38.2 Å². The fourth-order valence-corrected chi connectivity index (χ4v) is 6.89. The molecule has 3 N–H and O–H groups in total. The molecule has 0 aliphatic rings. The Morgan fingerprint density at radius 3 is 1.39 bits per heavy atom. The summed E-state index contributed by atoms with van der Waals surface area (Å²) in [5.74, 6) is -0.488. The van der Waals surface area contributed by atoms with Crippen molar-refractivity contribution in [2.75, 3.05) is 6.61 Å². The summed E-state index contributed by atoms with van der Waals surface area (Å²) in [6.45, 7) is 6.43. The molecule has 0 aromatic carbocycles. The Labute approximate surface area is 317 Å². The van der Waals surface area contributed by atoms with Crippen LogP contribution in [0.4, 0.5) is 0 Å². The normalized spacial score (nSPS) is 13.4. The van der Waals surface area contributed by atoms with Gasteiger partial charge in [0.25, 0.3) is 0 Å². The Kier molecular flexibility index (Phi) is 38.7. The average molecular weight is 722 g/mol. The second-order valence-corrected chi connectivity index (χ2v) is 15.5. The molecule has 0 radical (unpaired) electrons. The third kappa shape index (κ3) is 35.4. The van der Waals surface area contributed by atoms with Crippen molar-refractivity contribution in [3.63, 3.8) is 0 Å². The maximum Gasteiger partial charge on any atom is 0.306 e. The van der Waals surface area contributed by atoms with Crippen LogP contribution in [0.25, 0.3) is 0 Å². The van der Waals surface area contributed by atoms with Gasteiger partial charge in [0.15, 0.2) is 0 Å². The smallest absolute Gasteiger partial charge is 0.306 e. The van der Waals surface area contributed by atoms with Crippen molar-refractivity contribution in [1.82, 2.24) is 5.32 Å². The zero-order chi connectivity index (χ0) is 37.5. The van der Waals surface area contributed by atoms with E-state index >= 15 is 0 Å². The molecule has 3 atom stereocenters. The number of carbonyl (C=O) groups is 2. The lowest BCUT2D eigenvalue weighted by Crippen LogP contribution is -2.46. The monoisotopic (exact) mass is 722 g/mol. The quantitative estimate of drug-likeness (QED) is 0.0332. The minimum Gasteiger partial charge on any atom is -0.462 e. The predicted octanol–water partition coefficient (Wildman–Crippen LogP) is 12.6. The van der Waals surface area contributed by atoms with Crippen molar-refractivity contribution in [2.45, 2.75) is 257 Å². The standard InChI is InChI=1S/C45H87NO5/c1-4-7-10-13-16-19-21-22-23-24-26-29-32-35-38-45(50)51-41(36-33-30-27-18-15-12-9-6-3)39-44(49)46-42(40-47)43(48)37-34-31-28-25-20-17-14-11-8-5-2/h23-24,41-43,47-48H,4-22,25-40H2,1-3H3,(H,46,49)/b24-23-. The zero-order valence-electron chi connectivity index (χ0n) is 34.3. The number of hydrogen-bond acceptors (Lipinski definition) is 5. The van der Waals surface area contributed by atoms with Crippen LogP contribution in [-0.4, -0.2) is 46.9 Å². The van der Waals surface area contributed by atoms with E-state index in [4.69, 9.17) is 4.74 Å². The lowest BCUT2D eigenvalue weighted by atomic mass is 10.0. The van der Waals surface area contributed by atoms with Gasteiger partial charge < -0.3 is 20.3 Å². The van der Waals surface area contributed by atoms with Gasteiger partial charge in [-0.05, 0) is 51.4 Å². The van der Waals surface area contributed by atoms with Gasteiger partial charge in [-0.15, -0.1) is 0 Å². The molecule has 0 aromatic rings. The number of nitrogens with one attached hydrogen (secondary N) is 1. The van der Waals surface area contributed by atoms with E-state index < -0.39 is 18.2 Å². The van der Waals surface area contributed by atoms with Gasteiger partial charge in [-0.2, -0.15) is 0 Å². The lowest BCUT2D eigenvalue weighted by molar-refractivity contribution is -0.151. The maximum atomic E-state index is 13.1. The van der Waals surface area contributed by atoms with Crippen molar-refractivity contribution in [3.8, 4) is 0 Å². The number of esters is 1. The van der Waals surface area contributed by atoms with Crippen LogP contribution in [0, 0.1) is 0 Å². The summed E-state index contributed by atoms with van der Waals surface area (Å²) in [7, 11) is 0. The molecule has 0 aromatic heterocycles. The van der Waals surface area contributed by atoms with E-state index in [0.29, 0.717) is 19.3 Å². The highest BCUT2D eigenvalue weighted by Gasteiger charge is 2.24. The summed E-state index contributed by atoms with van der Waals surface area (Å²) in [4.78, 5) is 25.9. The van der Waals surface area contributed by atoms with E-state index in [1.807, 2.05) is 0 Å². The number of amides is 1. The Balaban J connectivity index is 4.50. The van der Waals surface area contributed by atoms with Crippen molar-refractivity contribution in [3.05, 3.63) is 12.2 Å².